The second-order valence-electron chi connectivity index (χ2n) is 18.8. The Kier molecular flexibility index (Phi) is 16.1. The number of piperidine rings is 2. The number of hydrogen-bond donors (Lipinski definition) is 1. The van der Waals surface area contributed by atoms with Crippen molar-refractivity contribution in [1.29, 1.82) is 0 Å². The standard InChI is InChI=1S/C30H34N4O6S.C23H22N4O4.ClH/c35-29-24-10-4-5-11-25(24)30(36)33(29)18-21-13-15-23(16-14-21)39-19-27-31-28(32-40-27)26-12-6-7-17-34(26)41(37,38)20-22-8-2-1-3-9-22;28-22-17-5-1-2-6-18(17)23(29)27(22)13-15-8-10-16(11-9-15)30-14-20-25-21(26-31-20)19-7-3-4-12-24-19;/h4-5,10-11,13-16,22,26H,1-3,6-9,12,17-20H2;1-2,5-6,8-11,19,24H,3-4,7,12-14H2;1H/t26-;19-;/m00./s1. The van der Waals surface area contributed by atoms with E-state index < -0.39 is 16.1 Å². The quantitative estimate of drug-likeness (QED) is 0.0952. The van der Waals surface area contributed by atoms with Crippen LogP contribution in [0.2, 0.25) is 0 Å². The van der Waals surface area contributed by atoms with Crippen LogP contribution in [0.25, 0.3) is 0 Å². The maximum Gasteiger partial charge on any atom is 0.264 e. The minimum absolute atomic E-state index is 0. The third-order valence-electron chi connectivity index (χ3n) is 13.9. The molecule has 6 aromatic rings. The van der Waals surface area contributed by atoms with Gasteiger partial charge in [0.2, 0.25) is 10.0 Å². The molecular formula is C53H57ClN8O10S. The molecule has 0 spiro atoms. The van der Waals surface area contributed by atoms with Crippen LogP contribution in [0.1, 0.15) is 159 Å². The van der Waals surface area contributed by atoms with Crippen molar-refractivity contribution >= 4 is 46.1 Å². The molecule has 3 fully saturated rings. The van der Waals surface area contributed by atoms with Crippen molar-refractivity contribution < 1.29 is 46.1 Å². The van der Waals surface area contributed by atoms with Crippen molar-refractivity contribution in [2.75, 3.05) is 18.8 Å². The van der Waals surface area contributed by atoms with E-state index in [1.807, 2.05) is 12.1 Å². The van der Waals surface area contributed by atoms with Gasteiger partial charge >= 0.3 is 0 Å². The van der Waals surface area contributed by atoms with Gasteiger partial charge in [0.05, 0.1) is 53.2 Å². The fourth-order valence-corrected chi connectivity index (χ4v) is 12.2. The molecule has 1 saturated carbocycles. The molecule has 4 aromatic carbocycles. The molecule has 2 saturated heterocycles. The van der Waals surface area contributed by atoms with Gasteiger partial charge in [-0.15, -0.1) is 12.4 Å². The number of rotatable bonds is 15. The van der Waals surface area contributed by atoms with Gasteiger partial charge in [0.15, 0.2) is 24.9 Å². The van der Waals surface area contributed by atoms with Crippen LogP contribution >= 0.6 is 12.4 Å². The molecule has 73 heavy (non-hydrogen) atoms. The minimum Gasteiger partial charge on any atom is -0.484 e. The number of halogens is 1. The highest BCUT2D eigenvalue weighted by atomic mass is 35.5. The molecular weight excluding hydrogens is 976 g/mol. The number of carbonyl (C=O) groups is 4. The molecule has 0 bridgehead atoms. The van der Waals surface area contributed by atoms with Crippen molar-refractivity contribution in [3.63, 3.8) is 0 Å². The van der Waals surface area contributed by atoms with Gasteiger partial charge in [-0.1, -0.05) is 90.9 Å². The molecule has 18 nitrogen and oxygen atoms in total. The van der Waals surface area contributed by atoms with Crippen LogP contribution in [0.4, 0.5) is 0 Å². The van der Waals surface area contributed by atoms with Crippen LogP contribution in [-0.2, 0) is 36.3 Å². The van der Waals surface area contributed by atoms with E-state index in [1.165, 1.54) is 22.6 Å². The van der Waals surface area contributed by atoms with Crippen molar-refractivity contribution in [2.45, 2.75) is 109 Å². The molecule has 4 amide bonds. The molecule has 20 heteroatoms. The van der Waals surface area contributed by atoms with Gasteiger partial charge in [0.25, 0.3) is 35.4 Å². The lowest BCUT2D eigenvalue weighted by Gasteiger charge is -2.34. The molecule has 0 unspecified atom stereocenters. The zero-order chi connectivity index (χ0) is 49.6. The largest absolute Gasteiger partial charge is 0.484 e. The number of fused-ring (bicyclic) bond motifs is 2. The van der Waals surface area contributed by atoms with Crippen LogP contribution < -0.4 is 14.8 Å². The summed E-state index contributed by atoms with van der Waals surface area (Å²) in [5.74, 6) is 2.26. The van der Waals surface area contributed by atoms with E-state index in [0.29, 0.717) is 64.3 Å². The Morgan fingerprint density at radius 3 is 1.52 bits per heavy atom. The lowest BCUT2D eigenvalue weighted by Crippen LogP contribution is -2.41. The fraction of sp³-hybridized carbons (Fsp3) is 0.396. The molecule has 1 aliphatic carbocycles. The van der Waals surface area contributed by atoms with Gasteiger partial charge in [0.1, 0.15) is 11.5 Å². The van der Waals surface area contributed by atoms with E-state index in [1.54, 1.807) is 89.2 Å². The first-order chi connectivity index (χ1) is 35.1. The molecule has 0 radical (unpaired) electrons. The summed E-state index contributed by atoms with van der Waals surface area (Å²) in [5.41, 5.74) is 3.39. The zero-order valence-electron chi connectivity index (χ0n) is 40.2. The molecule has 6 heterocycles. The Bertz CT molecular complexity index is 2960. The Labute approximate surface area is 429 Å². The average Bonchev–Trinajstić information content (AvgIpc) is 4.20. The lowest BCUT2D eigenvalue weighted by molar-refractivity contribution is 0.0627. The molecule has 5 aliphatic rings. The van der Waals surface area contributed by atoms with Gasteiger partial charge in [-0.05, 0) is 111 Å². The molecule has 382 valence electrons. The van der Waals surface area contributed by atoms with Gasteiger partial charge in [-0.25, -0.2) is 8.42 Å². The summed E-state index contributed by atoms with van der Waals surface area (Å²) in [6.45, 7) is 2.05. The number of hydrogen-bond acceptors (Lipinski definition) is 15. The predicted octanol–water partition coefficient (Wildman–Crippen LogP) is 8.56. The van der Waals surface area contributed by atoms with Crippen LogP contribution in [-0.4, -0.2) is 85.3 Å². The maximum atomic E-state index is 13.4. The van der Waals surface area contributed by atoms with E-state index in [4.69, 9.17) is 18.5 Å². The lowest BCUT2D eigenvalue weighted by atomic mass is 9.91. The smallest absolute Gasteiger partial charge is 0.264 e. The number of sulfonamides is 1. The summed E-state index contributed by atoms with van der Waals surface area (Å²) < 4.78 is 50.6. The van der Waals surface area contributed by atoms with E-state index in [-0.39, 0.29) is 85.9 Å². The molecule has 2 atom stereocenters. The Balaban J connectivity index is 0.000000184. The zero-order valence-corrected chi connectivity index (χ0v) is 41.9. The second kappa shape index (κ2) is 23.0. The van der Waals surface area contributed by atoms with Crippen LogP contribution in [0.3, 0.4) is 0 Å². The first-order valence-corrected chi connectivity index (χ1v) is 26.4. The highest BCUT2D eigenvalue weighted by Crippen LogP contribution is 2.35. The minimum atomic E-state index is -3.43. The normalized spacial score (nSPS) is 19.2. The molecule has 2 aromatic heterocycles. The number of nitrogens with one attached hydrogen (secondary N) is 1. The van der Waals surface area contributed by atoms with Gasteiger partial charge in [0, 0.05) is 6.54 Å². The van der Waals surface area contributed by atoms with E-state index in [9.17, 15) is 27.6 Å². The van der Waals surface area contributed by atoms with Gasteiger partial charge in [-0.3, -0.25) is 29.0 Å². The van der Waals surface area contributed by atoms with E-state index in [0.717, 1.165) is 69.0 Å². The third kappa shape index (κ3) is 11.7. The molecule has 11 rings (SSSR count). The highest BCUT2D eigenvalue weighted by molar-refractivity contribution is 7.89. The Morgan fingerprint density at radius 1 is 0.562 bits per heavy atom. The van der Waals surface area contributed by atoms with Crippen molar-refractivity contribution in [2.24, 2.45) is 5.92 Å². The van der Waals surface area contributed by atoms with Crippen LogP contribution in [0, 0.1) is 5.92 Å². The molecule has 1 N–H and O–H groups in total. The molecule has 4 aliphatic heterocycles. The summed E-state index contributed by atoms with van der Waals surface area (Å²) in [6, 6.07) is 27.8. The number of ether oxygens (including phenoxy) is 2. The van der Waals surface area contributed by atoms with Crippen LogP contribution in [0.5, 0.6) is 11.5 Å². The topological polar surface area (TPSA) is 220 Å². The second-order valence-corrected chi connectivity index (χ2v) is 20.8. The van der Waals surface area contributed by atoms with Gasteiger partial charge in [-0.2, -0.15) is 14.3 Å². The summed E-state index contributed by atoms with van der Waals surface area (Å²) in [6.07, 6.45) is 11.1. The summed E-state index contributed by atoms with van der Waals surface area (Å²) in [7, 11) is -3.43. The highest BCUT2D eigenvalue weighted by Gasteiger charge is 2.39. The van der Waals surface area contributed by atoms with Crippen molar-refractivity contribution in [1.82, 2.24) is 39.7 Å². The number of amides is 4. The summed E-state index contributed by atoms with van der Waals surface area (Å²) >= 11 is 0. The maximum absolute atomic E-state index is 13.4. The van der Waals surface area contributed by atoms with E-state index in [2.05, 4.69) is 25.6 Å². The summed E-state index contributed by atoms with van der Waals surface area (Å²) in [4.78, 5) is 61.7. The monoisotopic (exact) mass is 1030 g/mol. The van der Waals surface area contributed by atoms with Crippen molar-refractivity contribution in [3.8, 4) is 11.5 Å². The number of carbonyl (C=O) groups excluding carboxylic acids is 4. The number of nitrogens with zero attached hydrogens (tertiary/aromatic N) is 7. The average molecular weight is 1030 g/mol. The van der Waals surface area contributed by atoms with Gasteiger partial charge < -0.3 is 23.8 Å². The number of imide groups is 2. The fourth-order valence-electron chi connectivity index (χ4n) is 10.0. The van der Waals surface area contributed by atoms with Crippen molar-refractivity contribution in [3.05, 3.63) is 154 Å². The van der Waals surface area contributed by atoms with E-state index >= 15 is 0 Å². The third-order valence-corrected chi connectivity index (χ3v) is 15.9. The first kappa shape index (κ1) is 51.1. The van der Waals surface area contributed by atoms with Crippen LogP contribution in [0.15, 0.2) is 106 Å². The first-order valence-electron chi connectivity index (χ1n) is 24.8. The predicted molar refractivity (Wildman–Crippen MR) is 267 cm³/mol. The Hall–Kier alpha value is -6.80. The number of benzene rings is 4. The SMILES string of the molecule is Cl.O=C1c2ccccc2C(=O)N1Cc1ccc(OCc2nc([C@@H]3CCCCN3)no2)cc1.O=C1c2ccccc2C(=O)N1Cc1ccc(OCc2nc([C@@H]3CCCCN3S(=O)(=O)CC3CCCCC3)no2)cc1. The summed E-state index contributed by atoms with van der Waals surface area (Å²) in [5, 5.41) is 11.6. The number of aromatic nitrogens is 4. The Morgan fingerprint density at radius 2 is 1.03 bits per heavy atom.